The third-order valence-corrected chi connectivity index (χ3v) is 3.45. The molecule has 5 heteroatoms. The molecule has 1 aromatic heterocycles. The first-order chi connectivity index (χ1) is 8.75. The Morgan fingerprint density at radius 3 is 2.78 bits per heavy atom. The van der Waals surface area contributed by atoms with Gasteiger partial charge in [-0.1, -0.05) is 28.1 Å². The minimum Gasteiger partial charge on any atom is -0.373 e. The van der Waals surface area contributed by atoms with Crippen LogP contribution in [0.5, 0.6) is 0 Å². The minimum absolute atomic E-state index is 0.675. The van der Waals surface area contributed by atoms with E-state index in [2.05, 4.69) is 38.3 Å². The van der Waals surface area contributed by atoms with E-state index in [1.165, 1.54) is 5.57 Å². The maximum atomic E-state index is 5.28. The standard InChI is InChI=1S/C13H12BrN3O/c1-17-8-15-16-13(17)12(10-6-18-7-10)9-3-2-4-11(14)5-9/h2-5,8H,6-7H2,1H3. The fraction of sp³-hybridized carbons (Fsp3) is 0.231. The number of ether oxygens (including phenoxy) is 1. The van der Waals surface area contributed by atoms with Gasteiger partial charge in [-0.05, 0) is 23.3 Å². The van der Waals surface area contributed by atoms with Crippen LogP contribution in [-0.2, 0) is 11.8 Å². The largest absolute Gasteiger partial charge is 0.373 e. The Hall–Kier alpha value is -1.46. The van der Waals surface area contributed by atoms with E-state index in [0.717, 1.165) is 21.4 Å². The van der Waals surface area contributed by atoms with Crippen LogP contribution in [0.2, 0.25) is 0 Å². The highest BCUT2D eigenvalue weighted by atomic mass is 79.9. The lowest BCUT2D eigenvalue weighted by Crippen LogP contribution is -2.19. The molecule has 1 aromatic carbocycles. The molecular weight excluding hydrogens is 294 g/mol. The highest BCUT2D eigenvalue weighted by molar-refractivity contribution is 9.10. The van der Waals surface area contributed by atoms with E-state index in [1.807, 2.05) is 23.7 Å². The Balaban J connectivity index is 2.16. The van der Waals surface area contributed by atoms with Crippen LogP contribution in [0.1, 0.15) is 11.4 Å². The van der Waals surface area contributed by atoms with Crippen molar-refractivity contribution in [3.8, 4) is 0 Å². The zero-order valence-electron chi connectivity index (χ0n) is 9.93. The molecule has 1 aliphatic heterocycles. The fourth-order valence-corrected chi connectivity index (χ4v) is 2.39. The van der Waals surface area contributed by atoms with E-state index in [0.29, 0.717) is 13.2 Å². The lowest BCUT2D eigenvalue weighted by molar-refractivity contribution is 0.104. The maximum Gasteiger partial charge on any atom is 0.164 e. The van der Waals surface area contributed by atoms with E-state index in [1.54, 1.807) is 6.33 Å². The number of hydrogen-bond donors (Lipinski definition) is 0. The molecule has 1 saturated heterocycles. The lowest BCUT2D eigenvalue weighted by Gasteiger charge is -2.22. The Morgan fingerprint density at radius 2 is 2.22 bits per heavy atom. The lowest BCUT2D eigenvalue weighted by atomic mass is 9.98. The van der Waals surface area contributed by atoms with E-state index in [4.69, 9.17) is 4.74 Å². The SMILES string of the molecule is Cn1cnnc1C(=C1COC1)c1cccc(Br)c1. The third kappa shape index (κ3) is 2.00. The van der Waals surface area contributed by atoms with Gasteiger partial charge in [0.25, 0.3) is 0 Å². The molecule has 0 unspecified atom stereocenters. The molecule has 2 aromatic rings. The molecule has 0 amide bonds. The molecule has 0 atom stereocenters. The van der Waals surface area contributed by atoms with E-state index in [-0.39, 0.29) is 0 Å². The molecule has 0 N–H and O–H groups in total. The summed E-state index contributed by atoms with van der Waals surface area (Å²) in [6, 6.07) is 8.21. The Morgan fingerprint density at radius 1 is 1.39 bits per heavy atom. The van der Waals surface area contributed by atoms with Crippen LogP contribution in [0.3, 0.4) is 0 Å². The average Bonchev–Trinajstić information content (AvgIpc) is 2.69. The number of halogens is 1. The first-order valence-corrected chi connectivity index (χ1v) is 6.45. The van der Waals surface area contributed by atoms with Crippen LogP contribution in [0.15, 0.2) is 40.6 Å². The van der Waals surface area contributed by atoms with Gasteiger partial charge in [0, 0.05) is 17.1 Å². The smallest absolute Gasteiger partial charge is 0.164 e. The molecule has 2 heterocycles. The van der Waals surface area contributed by atoms with Gasteiger partial charge in [-0.25, -0.2) is 0 Å². The van der Waals surface area contributed by atoms with Crippen molar-refractivity contribution in [2.24, 2.45) is 7.05 Å². The molecular formula is C13H12BrN3O. The van der Waals surface area contributed by atoms with Crippen molar-refractivity contribution in [3.05, 3.63) is 52.0 Å². The van der Waals surface area contributed by atoms with Crippen LogP contribution in [-0.4, -0.2) is 28.0 Å². The maximum absolute atomic E-state index is 5.28. The van der Waals surface area contributed by atoms with Crippen molar-refractivity contribution in [2.75, 3.05) is 13.2 Å². The predicted octanol–water partition coefficient (Wildman–Crippen LogP) is 2.41. The van der Waals surface area contributed by atoms with Gasteiger partial charge in [0.15, 0.2) is 5.82 Å². The first-order valence-electron chi connectivity index (χ1n) is 5.66. The summed E-state index contributed by atoms with van der Waals surface area (Å²) in [5.74, 6) is 0.881. The molecule has 1 fully saturated rings. The summed E-state index contributed by atoms with van der Waals surface area (Å²) in [6.45, 7) is 1.35. The Bertz CT molecular complexity index is 612. The van der Waals surface area contributed by atoms with Gasteiger partial charge in [0.05, 0.1) is 13.2 Å². The number of aryl methyl sites for hydroxylation is 1. The van der Waals surface area contributed by atoms with Gasteiger partial charge in [0.1, 0.15) is 6.33 Å². The third-order valence-electron chi connectivity index (χ3n) is 2.95. The zero-order chi connectivity index (χ0) is 12.5. The summed E-state index contributed by atoms with van der Waals surface area (Å²) in [7, 11) is 1.95. The average molecular weight is 306 g/mol. The number of aromatic nitrogens is 3. The second-order valence-electron chi connectivity index (χ2n) is 4.25. The number of benzene rings is 1. The molecule has 3 rings (SSSR count). The van der Waals surface area contributed by atoms with E-state index < -0.39 is 0 Å². The highest BCUT2D eigenvalue weighted by Gasteiger charge is 2.21. The summed E-state index contributed by atoms with van der Waals surface area (Å²) in [6.07, 6.45) is 1.72. The van der Waals surface area contributed by atoms with Crippen LogP contribution in [0, 0.1) is 0 Å². The molecule has 0 radical (unpaired) electrons. The number of rotatable bonds is 2. The molecule has 0 aliphatic carbocycles. The van der Waals surface area contributed by atoms with Gasteiger partial charge < -0.3 is 9.30 Å². The molecule has 0 spiro atoms. The van der Waals surface area contributed by atoms with E-state index in [9.17, 15) is 0 Å². The summed E-state index contributed by atoms with van der Waals surface area (Å²) in [5.41, 5.74) is 3.53. The minimum atomic E-state index is 0.675. The molecule has 4 nitrogen and oxygen atoms in total. The Kier molecular flexibility index (Phi) is 3.01. The number of hydrogen-bond acceptors (Lipinski definition) is 3. The summed E-state index contributed by atoms with van der Waals surface area (Å²) in [4.78, 5) is 0. The Labute approximate surface area is 113 Å². The van der Waals surface area contributed by atoms with Crippen molar-refractivity contribution < 1.29 is 4.74 Å². The topological polar surface area (TPSA) is 39.9 Å². The van der Waals surface area contributed by atoms with Crippen molar-refractivity contribution in [3.63, 3.8) is 0 Å². The normalized spacial score (nSPS) is 14.4. The molecule has 92 valence electrons. The first kappa shape index (κ1) is 11.6. The van der Waals surface area contributed by atoms with Crippen LogP contribution >= 0.6 is 15.9 Å². The quantitative estimate of drug-likeness (QED) is 0.855. The van der Waals surface area contributed by atoms with Crippen molar-refractivity contribution in [2.45, 2.75) is 0 Å². The van der Waals surface area contributed by atoms with Crippen LogP contribution in [0.25, 0.3) is 5.57 Å². The van der Waals surface area contributed by atoms with Crippen LogP contribution in [0.4, 0.5) is 0 Å². The van der Waals surface area contributed by atoms with Gasteiger partial charge in [-0.3, -0.25) is 0 Å². The molecule has 1 aliphatic rings. The van der Waals surface area contributed by atoms with Crippen molar-refractivity contribution in [1.82, 2.24) is 14.8 Å². The van der Waals surface area contributed by atoms with Crippen molar-refractivity contribution in [1.29, 1.82) is 0 Å². The van der Waals surface area contributed by atoms with Gasteiger partial charge in [-0.2, -0.15) is 0 Å². The van der Waals surface area contributed by atoms with E-state index >= 15 is 0 Å². The number of nitrogens with zero attached hydrogens (tertiary/aromatic N) is 3. The second-order valence-corrected chi connectivity index (χ2v) is 5.16. The van der Waals surface area contributed by atoms with Gasteiger partial charge in [0.2, 0.25) is 0 Å². The van der Waals surface area contributed by atoms with Gasteiger partial charge >= 0.3 is 0 Å². The monoisotopic (exact) mass is 305 g/mol. The fourth-order valence-electron chi connectivity index (χ4n) is 1.99. The second kappa shape index (κ2) is 4.66. The van der Waals surface area contributed by atoms with Crippen LogP contribution < -0.4 is 0 Å². The van der Waals surface area contributed by atoms with Crippen molar-refractivity contribution >= 4 is 21.5 Å². The summed E-state index contributed by atoms with van der Waals surface area (Å²) >= 11 is 3.50. The summed E-state index contributed by atoms with van der Waals surface area (Å²) in [5, 5.41) is 8.17. The predicted molar refractivity (Wildman–Crippen MR) is 72.0 cm³/mol. The summed E-state index contributed by atoms with van der Waals surface area (Å²) < 4.78 is 8.27. The van der Waals surface area contributed by atoms with Gasteiger partial charge in [-0.15, -0.1) is 10.2 Å². The molecule has 0 saturated carbocycles. The highest BCUT2D eigenvalue weighted by Crippen LogP contribution is 2.30. The molecule has 18 heavy (non-hydrogen) atoms. The molecule has 0 bridgehead atoms. The zero-order valence-corrected chi connectivity index (χ0v) is 11.5.